The molecule has 14 atom stereocenters. The molecule has 0 aromatic heterocycles. The van der Waals surface area contributed by atoms with E-state index in [0.29, 0.717) is 30.6 Å². The van der Waals surface area contributed by atoms with Crippen molar-refractivity contribution in [2.75, 3.05) is 27.7 Å². The lowest BCUT2D eigenvalue weighted by Gasteiger charge is -2.42. The Bertz CT molecular complexity index is 2340. The zero-order valence-electron chi connectivity index (χ0n) is 45.3. The normalized spacial score (nSPS) is 30.4. The number of likely N-dealkylation sites (N-methyl/N-ethyl adjacent to an activating group) is 2. The summed E-state index contributed by atoms with van der Waals surface area (Å²) in [4.78, 5) is 158. The number of Topliss-reactive ketones (excluding diaryl/α,β-unsaturated/α-hetero) is 2. The predicted molar refractivity (Wildman–Crippen MR) is 269 cm³/mol. The first-order chi connectivity index (χ1) is 35.2. The number of aliphatic hydroxyl groups is 1. The lowest BCUT2D eigenvalue weighted by Crippen LogP contribution is -2.63. The third-order valence-corrected chi connectivity index (χ3v) is 15.6. The number of piperidine rings is 1. The van der Waals surface area contributed by atoms with Crippen molar-refractivity contribution in [2.24, 2.45) is 23.7 Å². The molecule has 5 rings (SSSR count). The maximum absolute atomic E-state index is 14.9. The predicted octanol–water partition coefficient (Wildman–Crippen LogP) is 0.861. The van der Waals surface area contributed by atoms with Crippen LogP contribution in [-0.4, -0.2) is 184 Å². The topological polar surface area (TPSA) is 285 Å². The Morgan fingerprint density at radius 2 is 1.56 bits per heavy atom. The van der Waals surface area contributed by atoms with Gasteiger partial charge in [-0.2, -0.15) is 0 Å². The van der Waals surface area contributed by atoms with Crippen LogP contribution in [0, 0.1) is 23.7 Å². The van der Waals surface area contributed by atoms with Crippen LogP contribution in [-0.2, 0) is 68.6 Å². The van der Waals surface area contributed by atoms with Crippen molar-refractivity contribution in [1.82, 2.24) is 35.6 Å². The van der Waals surface area contributed by atoms with Gasteiger partial charge in [-0.3, -0.25) is 47.9 Å². The minimum absolute atomic E-state index is 0.129. The van der Waals surface area contributed by atoms with Gasteiger partial charge < -0.3 is 54.9 Å². The molecule has 4 aliphatic heterocycles. The Labute approximate surface area is 438 Å². The highest BCUT2D eigenvalue weighted by Crippen LogP contribution is 2.37. The molecule has 0 saturated carbocycles. The quantitative estimate of drug-likeness (QED) is 0.136. The van der Waals surface area contributed by atoms with Gasteiger partial charge in [-0.25, -0.2) is 4.79 Å². The number of ether oxygens (including phenoxy) is 3. The molecule has 14 unspecified atom stereocenters. The Hall–Kier alpha value is -6.45. The van der Waals surface area contributed by atoms with Gasteiger partial charge in [-0.05, 0) is 88.3 Å². The minimum Gasteiger partial charge on any atom is -0.497 e. The van der Waals surface area contributed by atoms with Gasteiger partial charge in [0.25, 0.3) is 5.91 Å². The molecular weight excluding hydrogens is 975 g/mol. The molecule has 0 radical (unpaired) electrons. The minimum atomic E-state index is -1.76. The molecule has 0 spiro atoms. The number of amides is 7. The number of rotatable bonds is 11. The molecule has 22 nitrogen and oxygen atoms in total. The summed E-state index contributed by atoms with van der Waals surface area (Å²) in [5.41, 5.74) is 0.569. The number of carbonyl (C=O) groups is 11. The fourth-order valence-electron chi connectivity index (χ4n) is 10.5. The molecule has 22 heteroatoms. The van der Waals surface area contributed by atoms with Crippen LogP contribution >= 0.6 is 0 Å². The summed E-state index contributed by atoms with van der Waals surface area (Å²) in [6.07, 6.45) is -3.63. The van der Waals surface area contributed by atoms with E-state index >= 15 is 0 Å². The number of aliphatic hydroxyl groups excluding tert-OH is 1. The van der Waals surface area contributed by atoms with Gasteiger partial charge in [-0.1, -0.05) is 53.2 Å². The zero-order chi connectivity index (χ0) is 55.9. The Kier molecular flexibility index (Phi) is 20.1. The van der Waals surface area contributed by atoms with E-state index in [1.54, 1.807) is 52.0 Å². The fourth-order valence-corrected chi connectivity index (χ4v) is 10.5. The Morgan fingerprint density at radius 3 is 2.16 bits per heavy atom. The molecule has 1 aromatic carbocycles. The first-order valence-electron chi connectivity index (χ1n) is 26.1. The van der Waals surface area contributed by atoms with Crippen LogP contribution in [0.2, 0.25) is 0 Å². The van der Waals surface area contributed by atoms with E-state index in [1.807, 2.05) is 6.92 Å². The molecule has 2 bridgehead atoms. The highest BCUT2D eigenvalue weighted by atomic mass is 16.6. The smallest absolute Gasteiger partial charge is 0.329 e. The second-order valence-corrected chi connectivity index (χ2v) is 21.1. The first kappa shape index (κ1) is 59.4. The van der Waals surface area contributed by atoms with Crippen LogP contribution in [0.25, 0.3) is 0 Å². The Balaban J connectivity index is 1.58. The number of fused-ring (bicyclic) bond motifs is 1. The maximum Gasteiger partial charge on any atom is 0.329 e. The lowest BCUT2D eigenvalue weighted by atomic mass is 9.87. The van der Waals surface area contributed by atoms with E-state index in [4.69, 9.17) is 14.2 Å². The van der Waals surface area contributed by atoms with E-state index in [-0.39, 0.29) is 38.1 Å². The summed E-state index contributed by atoms with van der Waals surface area (Å²) in [5, 5.41) is 19.8. The van der Waals surface area contributed by atoms with Gasteiger partial charge >= 0.3 is 11.9 Å². The van der Waals surface area contributed by atoms with Gasteiger partial charge in [0.15, 0.2) is 11.9 Å². The maximum atomic E-state index is 14.9. The molecule has 4 heterocycles. The van der Waals surface area contributed by atoms with Crippen LogP contribution in [0.4, 0.5) is 0 Å². The third-order valence-electron chi connectivity index (χ3n) is 15.6. The average Bonchev–Trinajstić information content (AvgIpc) is 4.06. The Morgan fingerprint density at radius 1 is 0.907 bits per heavy atom. The van der Waals surface area contributed by atoms with Crippen LogP contribution in [0.15, 0.2) is 24.3 Å². The molecule has 0 aliphatic carbocycles. The molecule has 75 heavy (non-hydrogen) atoms. The van der Waals surface area contributed by atoms with E-state index < -0.39 is 156 Å². The number of hydrogen-bond acceptors (Lipinski definition) is 15. The van der Waals surface area contributed by atoms with Crippen LogP contribution in [0.5, 0.6) is 5.75 Å². The van der Waals surface area contributed by atoms with Crippen molar-refractivity contribution < 1.29 is 72.1 Å². The van der Waals surface area contributed by atoms with Gasteiger partial charge in [0.2, 0.25) is 41.2 Å². The molecule has 4 aliphatic rings. The molecule has 4 N–H and O–H groups in total. The summed E-state index contributed by atoms with van der Waals surface area (Å²) in [5.74, 6) is -11.2. The molecule has 4 fully saturated rings. The summed E-state index contributed by atoms with van der Waals surface area (Å²) >= 11 is 0. The molecular formula is C53H77N7O15. The van der Waals surface area contributed by atoms with Crippen molar-refractivity contribution in [3.05, 3.63) is 29.8 Å². The number of cyclic esters (lactones) is 2. The van der Waals surface area contributed by atoms with Crippen LogP contribution in [0.1, 0.15) is 113 Å². The lowest BCUT2D eigenvalue weighted by molar-refractivity contribution is -0.163. The third kappa shape index (κ3) is 13.5. The number of methoxy groups -OCH3 is 1. The largest absolute Gasteiger partial charge is 0.497 e. The van der Waals surface area contributed by atoms with Crippen molar-refractivity contribution in [3.63, 3.8) is 0 Å². The van der Waals surface area contributed by atoms with E-state index in [1.165, 1.54) is 51.8 Å². The van der Waals surface area contributed by atoms with Crippen LogP contribution in [0.3, 0.4) is 0 Å². The number of nitrogens with one attached hydrogen (secondary N) is 3. The molecule has 4 saturated heterocycles. The summed E-state index contributed by atoms with van der Waals surface area (Å²) in [6.45, 7) is 13.9. The van der Waals surface area contributed by atoms with Crippen molar-refractivity contribution in [3.8, 4) is 5.75 Å². The van der Waals surface area contributed by atoms with Crippen molar-refractivity contribution >= 4 is 64.9 Å². The van der Waals surface area contributed by atoms with E-state index in [9.17, 15) is 57.8 Å². The van der Waals surface area contributed by atoms with Gasteiger partial charge in [0, 0.05) is 40.0 Å². The number of carbonyl (C=O) groups excluding carboxylic acids is 11. The monoisotopic (exact) mass is 1050 g/mol. The average molecular weight is 1050 g/mol. The van der Waals surface area contributed by atoms with Gasteiger partial charge in [0.1, 0.15) is 48.1 Å². The first-order valence-corrected chi connectivity index (χ1v) is 26.1. The number of esters is 2. The highest BCUT2D eigenvalue weighted by molar-refractivity contribution is 6.35. The SMILES string of the molecule is CCC(C)C1NC(=O)C(NC(=O)C(C)N(C)C(=O)C2CCCN2C(=O)C(C)=O)C(C)OC(=O)C(Cc2ccc(OC)cc2)N(C)C(=O)C2CCC3C(C)CC(NC(=O)C(C)C(=O)C(C(C)C)OC(=O)CC1O)C(=O)N23. The zero-order valence-corrected chi connectivity index (χ0v) is 45.3. The number of hydrogen-bond donors (Lipinski definition) is 4. The van der Waals surface area contributed by atoms with Crippen molar-refractivity contribution in [1.29, 1.82) is 0 Å². The second kappa shape index (κ2) is 25.4. The number of nitrogens with zero attached hydrogens (tertiary/aromatic N) is 4. The van der Waals surface area contributed by atoms with Crippen LogP contribution < -0.4 is 20.7 Å². The summed E-state index contributed by atoms with van der Waals surface area (Å²) in [7, 11) is 4.20. The number of likely N-dealkylation sites (tertiary alicyclic amines) is 1. The van der Waals surface area contributed by atoms with E-state index in [2.05, 4.69) is 16.0 Å². The number of ketones is 2. The van der Waals surface area contributed by atoms with Crippen molar-refractivity contribution in [2.45, 2.75) is 180 Å². The summed E-state index contributed by atoms with van der Waals surface area (Å²) < 4.78 is 17.1. The molecule has 1 aromatic rings. The van der Waals surface area contributed by atoms with Gasteiger partial charge in [-0.15, -0.1) is 0 Å². The standard InChI is InChI=1S/C53H77N7O15/c1-13-27(4)42-40(62)25-41(63)75-45(26(2)3)44(64)29(6)46(65)54-35-23-28(5)36-20-21-38(60(36)50(35)69)52(71)58(11)39(24-33-16-18-34(73-12)19-17-33)53(72)74-32(9)43(48(67)55-42)56-47(66)30(7)57(10)51(70)37-15-14-22-59(37)49(68)31(8)61/h16-19,26-30,32,35-40,42-43,45,62H,13-15,20-25H2,1-12H3,(H,54,65)(H,55,67)(H,56,66). The molecule has 7 amide bonds. The summed E-state index contributed by atoms with van der Waals surface area (Å²) in [6, 6.07) is -2.65. The highest BCUT2D eigenvalue weighted by Gasteiger charge is 2.52. The second-order valence-electron chi connectivity index (χ2n) is 21.1. The van der Waals surface area contributed by atoms with E-state index in [0.717, 1.165) is 16.7 Å². The number of benzene rings is 1. The van der Waals surface area contributed by atoms with Gasteiger partial charge in [0.05, 0.1) is 31.6 Å². The fraction of sp³-hybridized carbons (Fsp3) is 0.679. The molecule has 414 valence electrons.